The van der Waals surface area contributed by atoms with E-state index < -0.39 is 0 Å². The maximum Gasteiger partial charge on any atom is 0.0473 e. The monoisotopic (exact) mass is 288 g/mol. The molecule has 1 saturated carbocycles. The zero-order valence-corrected chi connectivity index (χ0v) is 14.0. The minimum absolute atomic E-state index is 0.366. The van der Waals surface area contributed by atoms with Gasteiger partial charge in [-0.2, -0.15) is 0 Å². The molecule has 0 aromatic heterocycles. The Kier molecular flexibility index (Phi) is 6.25. The molecule has 0 aliphatic heterocycles. The van der Waals surface area contributed by atoms with E-state index in [9.17, 15) is 0 Å². The average molecular weight is 288 g/mol. The fourth-order valence-electron chi connectivity index (χ4n) is 3.16. The summed E-state index contributed by atoms with van der Waals surface area (Å²) in [6, 6.07) is 10.1. The van der Waals surface area contributed by atoms with Gasteiger partial charge in [0.2, 0.25) is 0 Å². The minimum Gasteiger partial charge on any atom is -0.329 e. The Morgan fingerprint density at radius 3 is 2.62 bits per heavy atom. The number of rotatable bonds is 9. The Balaban J connectivity index is 2.19. The molecule has 118 valence electrons. The van der Waals surface area contributed by atoms with Gasteiger partial charge in [-0.05, 0) is 56.2 Å². The van der Waals surface area contributed by atoms with Crippen LogP contribution in [0.2, 0.25) is 0 Å². The van der Waals surface area contributed by atoms with Gasteiger partial charge in [-0.25, -0.2) is 0 Å². The first-order chi connectivity index (χ1) is 10.2. The number of hydrogen-bond acceptors (Lipinski definition) is 2. The maximum absolute atomic E-state index is 6.17. The second kappa shape index (κ2) is 7.95. The smallest absolute Gasteiger partial charge is 0.0473 e. The number of nitrogens with two attached hydrogens (primary N) is 1. The molecule has 1 aliphatic carbocycles. The van der Waals surface area contributed by atoms with Gasteiger partial charge in [0.1, 0.15) is 0 Å². The quantitative estimate of drug-likeness (QED) is 0.726. The van der Waals surface area contributed by atoms with Crippen LogP contribution in [0.25, 0.3) is 0 Å². The molecule has 0 saturated heterocycles. The van der Waals surface area contributed by atoms with Crippen LogP contribution < -0.4 is 5.73 Å². The van der Waals surface area contributed by atoms with Gasteiger partial charge in [0.05, 0.1) is 0 Å². The van der Waals surface area contributed by atoms with Gasteiger partial charge in [-0.3, -0.25) is 4.90 Å². The largest absolute Gasteiger partial charge is 0.329 e. The highest BCUT2D eigenvalue weighted by atomic mass is 15.2. The lowest BCUT2D eigenvalue weighted by Gasteiger charge is -2.36. The molecule has 1 aliphatic rings. The Bertz CT molecular complexity index is 425. The molecule has 2 N–H and O–H groups in total. The van der Waals surface area contributed by atoms with Gasteiger partial charge < -0.3 is 5.73 Å². The Morgan fingerprint density at radius 2 is 2.05 bits per heavy atom. The van der Waals surface area contributed by atoms with Gasteiger partial charge in [-0.1, -0.05) is 44.5 Å². The highest BCUT2D eigenvalue weighted by molar-refractivity contribution is 5.31. The molecule has 0 heterocycles. The molecular formula is C19H32N2. The van der Waals surface area contributed by atoms with E-state index in [1.54, 1.807) is 0 Å². The van der Waals surface area contributed by atoms with Crippen LogP contribution in [-0.4, -0.2) is 24.0 Å². The summed E-state index contributed by atoms with van der Waals surface area (Å²) in [4.78, 5) is 2.62. The molecule has 0 amide bonds. The molecular weight excluding hydrogens is 256 g/mol. The Hall–Kier alpha value is -0.860. The standard InChI is InChI=1S/C19H32N2/c1-4-6-12-21(15(3)5-2)19(14-20)18-9-7-8-17(13-18)16-10-11-16/h7-9,13,15-16,19H,4-6,10-12,14,20H2,1-3H3. The third-order valence-corrected chi connectivity index (χ3v) is 4.89. The third-order valence-electron chi connectivity index (χ3n) is 4.89. The lowest BCUT2D eigenvalue weighted by Crippen LogP contribution is -2.40. The van der Waals surface area contributed by atoms with Crippen LogP contribution in [0.15, 0.2) is 24.3 Å². The molecule has 2 heteroatoms. The zero-order chi connectivity index (χ0) is 15.2. The number of hydrogen-bond donors (Lipinski definition) is 1. The lowest BCUT2D eigenvalue weighted by atomic mass is 9.98. The van der Waals surface area contributed by atoms with Crippen molar-refractivity contribution >= 4 is 0 Å². The Labute approximate surface area is 130 Å². The molecule has 2 rings (SSSR count). The van der Waals surface area contributed by atoms with Crippen molar-refractivity contribution in [2.24, 2.45) is 5.73 Å². The molecule has 0 bridgehead atoms. The van der Waals surface area contributed by atoms with Crippen LogP contribution >= 0.6 is 0 Å². The molecule has 2 unspecified atom stereocenters. The van der Waals surface area contributed by atoms with Gasteiger partial charge in [-0.15, -0.1) is 0 Å². The third kappa shape index (κ3) is 4.31. The van der Waals surface area contributed by atoms with E-state index in [0.29, 0.717) is 18.6 Å². The predicted octanol–water partition coefficient (Wildman–Crippen LogP) is 4.46. The fourth-order valence-corrected chi connectivity index (χ4v) is 3.16. The first-order valence-corrected chi connectivity index (χ1v) is 8.76. The summed E-state index contributed by atoms with van der Waals surface area (Å²) >= 11 is 0. The van der Waals surface area contributed by atoms with E-state index in [4.69, 9.17) is 5.73 Å². The number of nitrogens with zero attached hydrogens (tertiary/aromatic N) is 1. The topological polar surface area (TPSA) is 29.3 Å². The molecule has 1 aromatic rings. The van der Waals surface area contributed by atoms with Crippen molar-refractivity contribution in [2.45, 2.75) is 70.9 Å². The normalized spacial score (nSPS) is 18.0. The minimum atomic E-state index is 0.366. The summed E-state index contributed by atoms with van der Waals surface area (Å²) in [7, 11) is 0. The van der Waals surface area contributed by atoms with Crippen LogP contribution in [0.3, 0.4) is 0 Å². The summed E-state index contributed by atoms with van der Waals surface area (Å²) < 4.78 is 0. The lowest BCUT2D eigenvalue weighted by molar-refractivity contribution is 0.141. The molecule has 2 atom stereocenters. The van der Waals surface area contributed by atoms with E-state index in [0.717, 1.165) is 12.5 Å². The van der Waals surface area contributed by atoms with Crippen molar-refractivity contribution < 1.29 is 0 Å². The number of unbranched alkanes of at least 4 members (excludes halogenated alkanes) is 1. The van der Waals surface area contributed by atoms with Crippen molar-refractivity contribution in [3.05, 3.63) is 35.4 Å². The van der Waals surface area contributed by atoms with Crippen molar-refractivity contribution in [2.75, 3.05) is 13.1 Å². The second-order valence-corrected chi connectivity index (χ2v) is 6.54. The molecule has 2 nitrogen and oxygen atoms in total. The van der Waals surface area contributed by atoms with Crippen LogP contribution in [0.1, 0.15) is 76.0 Å². The van der Waals surface area contributed by atoms with Gasteiger partial charge >= 0.3 is 0 Å². The van der Waals surface area contributed by atoms with E-state index in [2.05, 4.69) is 49.9 Å². The van der Waals surface area contributed by atoms with Gasteiger partial charge in [0.15, 0.2) is 0 Å². The van der Waals surface area contributed by atoms with Crippen molar-refractivity contribution in [1.29, 1.82) is 0 Å². The Morgan fingerprint density at radius 1 is 1.29 bits per heavy atom. The summed E-state index contributed by atoms with van der Waals surface area (Å²) in [5, 5.41) is 0. The van der Waals surface area contributed by atoms with E-state index in [1.165, 1.54) is 43.2 Å². The average Bonchev–Trinajstić information content (AvgIpc) is 3.35. The zero-order valence-electron chi connectivity index (χ0n) is 14.0. The highest BCUT2D eigenvalue weighted by Crippen LogP contribution is 2.41. The van der Waals surface area contributed by atoms with E-state index in [-0.39, 0.29) is 0 Å². The van der Waals surface area contributed by atoms with Crippen LogP contribution in [0.4, 0.5) is 0 Å². The molecule has 1 aromatic carbocycles. The highest BCUT2D eigenvalue weighted by Gasteiger charge is 2.26. The van der Waals surface area contributed by atoms with E-state index in [1.807, 2.05) is 0 Å². The maximum atomic E-state index is 6.17. The summed E-state index contributed by atoms with van der Waals surface area (Å²) in [5.41, 5.74) is 9.10. The second-order valence-electron chi connectivity index (χ2n) is 6.54. The first kappa shape index (κ1) is 16.5. The van der Waals surface area contributed by atoms with Crippen LogP contribution in [-0.2, 0) is 0 Å². The first-order valence-electron chi connectivity index (χ1n) is 8.76. The van der Waals surface area contributed by atoms with Gasteiger partial charge in [0.25, 0.3) is 0 Å². The SMILES string of the molecule is CCCCN(C(C)CC)C(CN)c1cccc(C2CC2)c1. The summed E-state index contributed by atoms with van der Waals surface area (Å²) in [5.74, 6) is 0.816. The molecule has 21 heavy (non-hydrogen) atoms. The van der Waals surface area contributed by atoms with Crippen molar-refractivity contribution in [3.8, 4) is 0 Å². The molecule has 0 radical (unpaired) electrons. The molecule has 0 spiro atoms. The number of benzene rings is 1. The van der Waals surface area contributed by atoms with Crippen LogP contribution in [0.5, 0.6) is 0 Å². The van der Waals surface area contributed by atoms with Crippen LogP contribution in [0, 0.1) is 0 Å². The predicted molar refractivity (Wildman–Crippen MR) is 91.6 cm³/mol. The van der Waals surface area contributed by atoms with Crippen molar-refractivity contribution in [1.82, 2.24) is 4.90 Å². The summed E-state index contributed by atoms with van der Waals surface area (Å²) in [6.45, 7) is 8.74. The fraction of sp³-hybridized carbons (Fsp3) is 0.684. The van der Waals surface area contributed by atoms with Crippen molar-refractivity contribution in [3.63, 3.8) is 0 Å². The molecule has 1 fully saturated rings. The van der Waals surface area contributed by atoms with E-state index >= 15 is 0 Å². The summed E-state index contributed by atoms with van der Waals surface area (Å²) in [6.07, 6.45) is 6.40. The van der Waals surface area contributed by atoms with Gasteiger partial charge in [0, 0.05) is 18.6 Å².